The third-order valence-corrected chi connectivity index (χ3v) is 4.05. The SMILES string of the molecule is CC(C)(C)SCc1cc(C#CCO)cs1. The van der Waals surface area contributed by atoms with Gasteiger partial charge in [0, 0.05) is 26.3 Å². The summed E-state index contributed by atoms with van der Waals surface area (Å²) in [4.78, 5) is 1.34. The first kappa shape index (κ1) is 12.6. The fraction of sp³-hybridized carbons (Fsp3) is 0.500. The van der Waals surface area contributed by atoms with Crippen molar-refractivity contribution in [2.45, 2.75) is 31.3 Å². The molecule has 0 radical (unpaired) electrons. The minimum absolute atomic E-state index is 0.0675. The molecule has 82 valence electrons. The third-order valence-electron chi connectivity index (χ3n) is 1.61. The van der Waals surface area contributed by atoms with Gasteiger partial charge in [-0.05, 0) is 6.07 Å². The van der Waals surface area contributed by atoms with Crippen molar-refractivity contribution in [1.29, 1.82) is 0 Å². The number of thioether (sulfide) groups is 1. The summed E-state index contributed by atoms with van der Waals surface area (Å²) in [6.45, 7) is 6.59. The lowest BCUT2D eigenvalue weighted by molar-refractivity contribution is 0.350. The molecule has 0 fully saturated rings. The first-order valence-electron chi connectivity index (χ1n) is 4.82. The van der Waals surface area contributed by atoms with Gasteiger partial charge in [-0.15, -0.1) is 11.3 Å². The van der Waals surface area contributed by atoms with Crippen LogP contribution in [0, 0.1) is 11.8 Å². The molecule has 0 bridgehead atoms. The van der Waals surface area contributed by atoms with Gasteiger partial charge < -0.3 is 5.11 Å². The van der Waals surface area contributed by atoms with Gasteiger partial charge in [-0.1, -0.05) is 32.6 Å². The molecule has 0 atom stereocenters. The summed E-state index contributed by atoms with van der Waals surface area (Å²) < 4.78 is 0.306. The Morgan fingerprint density at radius 1 is 1.47 bits per heavy atom. The van der Waals surface area contributed by atoms with Crippen molar-refractivity contribution in [2.75, 3.05) is 6.61 Å². The molecule has 0 aliphatic rings. The molecule has 3 heteroatoms. The van der Waals surface area contributed by atoms with Crippen LogP contribution in [0.3, 0.4) is 0 Å². The van der Waals surface area contributed by atoms with Crippen molar-refractivity contribution < 1.29 is 5.11 Å². The summed E-state index contributed by atoms with van der Waals surface area (Å²) in [5.41, 5.74) is 1.01. The highest BCUT2D eigenvalue weighted by molar-refractivity contribution is 7.99. The molecule has 1 aromatic heterocycles. The summed E-state index contributed by atoms with van der Waals surface area (Å²) in [5, 5.41) is 10.6. The molecule has 0 unspecified atom stereocenters. The Morgan fingerprint density at radius 3 is 2.80 bits per heavy atom. The van der Waals surface area contributed by atoms with Crippen molar-refractivity contribution in [3.05, 3.63) is 21.9 Å². The second kappa shape index (κ2) is 5.60. The van der Waals surface area contributed by atoms with Crippen LogP contribution in [0.2, 0.25) is 0 Å². The second-order valence-corrected chi connectivity index (χ2v) is 6.96. The van der Waals surface area contributed by atoms with E-state index in [1.807, 2.05) is 17.1 Å². The Hall–Kier alpha value is -0.430. The summed E-state index contributed by atoms with van der Waals surface area (Å²) in [6, 6.07) is 2.10. The molecule has 0 aromatic carbocycles. The second-order valence-electron chi connectivity index (χ2n) is 4.16. The zero-order chi connectivity index (χ0) is 11.3. The normalized spacial score (nSPS) is 10.9. The van der Waals surface area contributed by atoms with E-state index in [-0.39, 0.29) is 6.61 Å². The standard InChI is InChI=1S/C12H16OS2/c1-12(2,3)15-9-11-7-10(8-14-11)5-4-6-13/h7-8,13H,6,9H2,1-3H3. The van der Waals surface area contributed by atoms with Crippen LogP contribution >= 0.6 is 23.1 Å². The van der Waals surface area contributed by atoms with E-state index in [1.165, 1.54) is 4.88 Å². The molecule has 0 amide bonds. The average Bonchev–Trinajstić information content (AvgIpc) is 2.58. The quantitative estimate of drug-likeness (QED) is 0.802. The molecule has 1 aromatic rings. The Labute approximate surface area is 99.9 Å². The van der Waals surface area contributed by atoms with Crippen LogP contribution in [0.5, 0.6) is 0 Å². The monoisotopic (exact) mass is 240 g/mol. The van der Waals surface area contributed by atoms with Gasteiger partial charge in [0.15, 0.2) is 0 Å². The summed E-state index contributed by atoms with van der Waals surface area (Å²) in [7, 11) is 0. The fourth-order valence-corrected chi connectivity index (χ4v) is 2.66. The van der Waals surface area contributed by atoms with E-state index in [1.54, 1.807) is 11.3 Å². The zero-order valence-corrected chi connectivity index (χ0v) is 11.0. The highest BCUT2D eigenvalue weighted by Gasteiger charge is 2.11. The first-order chi connectivity index (χ1) is 7.01. The molecule has 0 aliphatic heterocycles. The topological polar surface area (TPSA) is 20.2 Å². The number of aliphatic hydroxyl groups excluding tert-OH is 1. The van der Waals surface area contributed by atoms with Crippen molar-refractivity contribution in [3.8, 4) is 11.8 Å². The number of hydrogen-bond acceptors (Lipinski definition) is 3. The van der Waals surface area contributed by atoms with Crippen LogP contribution in [-0.2, 0) is 5.75 Å². The summed E-state index contributed by atoms with van der Waals surface area (Å²) >= 11 is 3.67. The van der Waals surface area contributed by atoms with E-state index in [4.69, 9.17) is 5.11 Å². The van der Waals surface area contributed by atoms with Crippen molar-refractivity contribution in [1.82, 2.24) is 0 Å². The highest BCUT2D eigenvalue weighted by Crippen LogP contribution is 2.29. The van der Waals surface area contributed by atoms with Crippen LogP contribution in [0.4, 0.5) is 0 Å². The van der Waals surface area contributed by atoms with Crippen LogP contribution < -0.4 is 0 Å². The third kappa shape index (κ3) is 5.27. The minimum Gasteiger partial charge on any atom is -0.384 e. The number of aliphatic hydroxyl groups is 1. The molecule has 0 saturated carbocycles. The molecule has 1 nitrogen and oxygen atoms in total. The van der Waals surface area contributed by atoms with Gasteiger partial charge in [0.25, 0.3) is 0 Å². The van der Waals surface area contributed by atoms with E-state index < -0.39 is 0 Å². The Balaban J connectivity index is 2.53. The Kier molecular flexibility index (Phi) is 4.72. The lowest BCUT2D eigenvalue weighted by Crippen LogP contribution is -2.06. The number of rotatable bonds is 2. The van der Waals surface area contributed by atoms with Gasteiger partial charge in [-0.2, -0.15) is 11.8 Å². The summed E-state index contributed by atoms with van der Waals surface area (Å²) in [5.74, 6) is 6.61. The maximum Gasteiger partial charge on any atom is 0.104 e. The van der Waals surface area contributed by atoms with Gasteiger partial charge in [0.1, 0.15) is 6.61 Å². The van der Waals surface area contributed by atoms with Crippen LogP contribution in [0.15, 0.2) is 11.4 Å². The summed E-state index contributed by atoms with van der Waals surface area (Å²) in [6.07, 6.45) is 0. The van der Waals surface area contributed by atoms with Crippen LogP contribution in [0.1, 0.15) is 31.2 Å². The van der Waals surface area contributed by atoms with Crippen molar-refractivity contribution in [2.24, 2.45) is 0 Å². The lowest BCUT2D eigenvalue weighted by atomic mass is 10.3. The Morgan fingerprint density at radius 2 is 2.20 bits per heavy atom. The van der Waals surface area contributed by atoms with Crippen LogP contribution in [0.25, 0.3) is 0 Å². The molecular weight excluding hydrogens is 224 g/mol. The molecule has 0 saturated heterocycles. The maximum atomic E-state index is 8.57. The fourth-order valence-electron chi connectivity index (χ4n) is 0.951. The van der Waals surface area contributed by atoms with E-state index in [2.05, 4.69) is 38.7 Å². The number of thiophene rings is 1. The molecule has 1 heterocycles. The van der Waals surface area contributed by atoms with Gasteiger partial charge in [-0.25, -0.2) is 0 Å². The van der Waals surface area contributed by atoms with Gasteiger partial charge in [0.05, 0.1) is 0 Å². The average molecular weight is 240 g/mol. The van der Waals surface area contributed by atoms with Crippen LogP contribution in [-0.4, -0.2) is 16.5 Å². The predicted octanol–water partition coefficient (Wildman–Crippen LogP) is 3.12. The van der Waals surface area contributed by atoms with Crippen molar-refractivity contribution in [3.63, 3.8) is 0 Å². The van der Waals surface area contributed by atoms with E-state index in [9.17, 15) is 0 Å². The number of hydrogen-bond donors (Lipinski definition) is 1. The molecule has 1 rings (SSSR count). The predicted molar refractivity (Wildman–Crippen MR) is 69.3 cm³/mol. The first-order valence-corrected chi connectivity index (χ1v) is 6.69. The van der Waals surface area contributed by atoms with E-state index in [0.717, 1.165) is 11.3 Å². The Bertz CT molecular complexity index is 363. The minimum atomic E-state index is -0.0675. The zero-order valence-electron chi connectivity index (χ0n) is 9.33. The molecule has 0 aliphatic carbocycles. The molecular formula is C12H16OS2. The van der Waals surface area contributed by atoms with E-state index >= 15 is 0 Å². The molecule has 1 N–H and O–H groups in total. The molecule has 0 spiro atoms. The van der Waals surface area contributed by atoms with Crippen molar-refractivity contribution >= 4 is 23.1 Å². The largest absolute Gasteiger partial charge is 0.384 e. The van der Waals surface area contributed by atoms with Gasteiger partial charge in [0.2, 0.25) is 0 Å². The molecule has 15 heavy (non-hydrogen) atoms. The maximum absolute atomic E-state index is 8.57. The highest BCUT2D eigenvalue weighted by atomic mass is 32.2. The van der Waals surface area contributed by atoms with E-state index in [0.29, 0.717) is 4.75 Å². The smallest absolute Gasteiger partial charge is 0.104 e. The van der Waals surface area contributed by atoms with Gasteiger partial charge >= 0.3 is 0 Å². The van der Waals surface area contributed by atoms with Gasteiger partial charge in [-0.3, -0.25) is 0 Å². The lowest BCUT2D eigenvalue weighted by Gasteiger charge is -2.16.